The minimum absolute atomic E-state index is 0.0248. The predicted octanol–water partition coefficient (Wildman–Crippen LogP) is 3.75. The molecule has 0 radical (unpaired) electrons. The molecule has 92 valence electrons. The smallest absolute Gasteiger partial charge is 0.127 e. The molecule has 0 aromatic heterocycles. The Kier molecular flexibility index (Phi) is 2.35. The van der Waals surface area contributed by atoms with Crippen LogP contribution in [0.3, 0.4) is 0 Å². The highest BCUT2D eigenvalue weighted by Crippen LogP contribution is 2.59. The normalized spacial score (nSPS) is 30.0. The summed E-state index contributed by atoms with van der Waals surface area (Å²) in [6, 6.07) is 6.16. The van der Waals surface area contributed by atoms with E-state index in [-0.39, 0.29) is 5.60 Å². The fourth-order valence-electron chi connectivity index (χ4n) is 3.66. The van der Waals surface area contributed by atoms with Crippen LogP contribution in [0.1, 0.15) is 44.6 Å². The Hall–Kier alpha value is -1.18. The lowest BCUT2D eigenvalue weighted by atomic mass is 9.79. The van der Waals surface area contributed by atoms with Gasteiger partial charge in [-0.2, -0.15) is 0 Å². The van der Waals surface area contributed by atoms with Gasteiger partial charge in [0.1, 0.15) is 17.1 Å². The van der Waals surface area contributed by atoms with E-state index in [0.717, 1.165) is 11.5 Å². The Morgan fingerprint density at radius 2 is 2.24 bits per heavy atom. The van der Waals surface area contributed by atoms with Crippen molar-refractivity contribution < 1.29 is 9.47 Å². The van der Waals surface area contributed by atoms with E-state index >= 15 is 0 Å². The average molecular weight is 232 g/mol. The van der Waals surface area contributed by atoms with Crippen molar-refractivity contribution in [3.63, 3.8) is 0 Å². The van der Waals surface area contributed by atoms with Gasteiger partial charge < -0.3 is 9.47 Å². The number of benzene rings is 1. The van der Waals surface area contributed by atoms with E-state index in [1.165, 1.54) is 24.8 Å². The Balaban J connectivity index is 2.12. The monoisotopic (exact) mass is 232 g/mol. The van der Waals surface area contributed by atoms with Gasteiger partial charge in [0.2, 0.25) is 0 Å². The van der Waals surface area contributed by atoms with Gasteiger partial charge in [0.15, 0.2) is 0 Å². The van der Waals surface area contributed by atoms with Crippen molar-refractivity contribution in [1.82, 2.24) is 0 Å². The summed E-state index contributed by atoms with van der Waals surface area (Å²) in [4.78, 5) is 0. The maximum atomic E-state index is 6.34. The van der Waals surface area contributed by atoms with Crippen molar-refractivity contribution in [1.29, 1.82) is 0 Å². The zero-order chi connectivity index (χ0) is 12.0. The molecule has 1 saturated carbocycles. The van der Waals surface area contributed by atoms with E-state index in [2.05, 4.69) is 26.0 Å². The lowest BCUT2D eigenvalue weighted by molar-refractivity contribution is 0.0366. The molecule has 1 aromatic carbocycles. The van der Waals surface area contributed by atoms with Gasteiger partial charge in [0.05, 0.1) is 7.11 Å². The second-order valence-corrected chi connectivity index (χ2v) is 5.53. The molecule has 0 saturated heterocycles. The highest BCUT2D eigenvalue weighted by molar-refractivity contribution is 5.53. The minimum Gasteiger partial charge on any atom is -0.496 e. The van der Waals surface area contributed by atoms with Crippen LogP contribution in [0.15, 0.2) is 18.2 Å². The van der Waals surface area contributed by atoms with Crippen molar-refractivity contribution in [3.05, 3.63) is 23.8 Å². The Morgan fingerprint density at radius 3 is 2.94 bits per heavy atom. The van der Waals surface area contributed by atoms with Crippen LogP contribution < -0.4 is 9.47 Å². The second kappa shape index (κ2) is 3.66. The molecule has 1 fully saturated rings. The molecule has 2 aliphatic rings. The molecule has 0 bridgehead atoms. The van der Waals surface area contributed by atoms with Crippen LogP contribution in [0.4, 0.5) is 0 Å². The van der Waals surface area contributed by atoms with E-state index < -0.39 is 0 Å². The molecule has 2 heteroatoms. The summed E-state index contributed by atoms with van der Waals surface area (Å²) in [5.41, 5.74) is 1.33. The van der Waals surface area contributed by atoms with E-state index in [0.29, 0.717) is 11.8 Å². The van der Waals surface area contributed by atoms with Gasteiger partial charge in [0.25, 0.3) is 0 Å². The van der Waals surface area contributed by atoms with Crippen LogP contribution in [0.5, 0.6) is 11.5 Å². The maximum absolute atomic E-state index is 6.34. The van der Waals surface area contributed by atoms with Crippen molar-refractivity contribution in [2.75, 3.05) is 7.11 Å². The predicted molar refractivity (Wildman–Crippen MR) is 67.8 cm³/mol. The molecule has 1 aliphatic heterocycles. The quantitative estimate of drug-likeness (QED) is 0.773. The van der Waals surface area contributed by atoms with E-state index in [4.69, 9.17) is 9.47 Å². The zero-order valence-corrected chi connectivity index (χ0v) is 10.8. The first kappa shape index (κ1) is 10.9. The summed E-state index contributed by atoms with van der Waals surface area (Å²) in [6.07, 6.45) is 3.67. The van der Waals surface area contributed by atoms with Crippen molar-refractivity contribution in [2.45, 2.75) is 44.6 Å². The fraction of sp³-hybridized carbons (Fsp3) is 0.600. The van der Waals surface area contributed by atoms with Gasteiger partial charge in [-0.15, -0.1) is 0 Å². The first-order chi connectivity index (χ1) is 8.19. The first-order valence-corrected chi connectivity index (χ1v) is 6.55. The maximum Gasteiger partial charge on any atom is 0.127 e. The molecule has 3 rings (SSSR count). The second-order valence-electron chi connectivity index (χ2n) is 5.53. The van der Waals surface area contributed by atoms with Crippen LogP contribution in [0.25, 0.3) is 0 Å². The molecule has 17 heavy (non-hydrogen) atoms. The van der Waals surface area contributed by atoms with Gasteiger partial charge in [0, 0.05) is 11.5 Å². The average Bonchev–Trinajstić information content (AvgIpc) is 2.84. The number of fused-ring (bicyclic) bond motifs is 3. The fourth-order valence-corrected chi connectivity index (χ4v) is 3.66. The molecule has 1 aliphatic carbocycles. The third-order valence-electron chi connectivity index (χ3n) is 4.52. The molecule has 1 aromatic rings. The molecule has 2 atom stereocenters. The Morgan fingerprint density at radius 1 is 1.41 bits per heavy atom. The molecular weight excluding hydrogens is 212 g/mol. The summed E-state index contributed by atoms with van der Waals surface area (Å²) in [5, 5.41) is 0. The molecule has 0 N–H and O–H groups in total. The van der Waals surface area contributed by atoms with Crippen LogP contribution in [0, 0.1) is 5.92 Å². The van der Waals surface area contributed by atoms with E-state index in [1.54, 1.807) is 7.11 Å². The highest BCUT2D eigenvalue weighted by Gasteiger charge is 2.54. The molecule has 0 amide bonds. The highest BCUT2D eigenvalue weighted by atomic mass is 16.5. The number of hydrogen-bond acceptors (Lipinski definition) is 2. The van der Waals surface area contributed by atoms with Crippen LogP contribution in [0.2, 0.25) is 0 Å². The topological polar surface area (TPSA) is 18.5 Å². The summed E-state index contributed by atoms with van der Waals surface area (Å²) in [7, 11) is 1.75. The summed E-state index contributed by atoms with van der Waals surface area (Å²) >= 11 is 0. The zero-order valence-electron chi connectivity index (χ0n) is 10.8. The SMILES string of the molecule is COc1cccc2c1[C@@H]1CCC[C@]1(C(C)C)O2. The summed E-state index contributed by atoms with van der Waals surface area (Å²) < 4.78 is 11.9. The Labute approximate surface area is 103 Å². The number of ether oxygens (including phenoxy) is 2. The number of rotatable bonds is 2. The van der Waals surface area contributed by atoms with Crippen molar-refractivity contribution in [3.8, 4) is 11.5 Å². The van der Waals surface area contributed by atoms with Crippen LogP contribution in [-0.2, 0) is 0 Å². The molecule has 2 nitrogen and oxygen atoms in total. The van der Waals surface area contributed by atoms with E-state index in [1.807, 2.05) is 6.07 Å². The summed E-state index contributed by atoms with van der Waals surface area (Å²) in [6.45, 7) is 4.55. The molecule has 1 heterocycles. The third kappa shape index (κ3) is 1.33. The number of hydrogen-bond donors (Lipinski definition) is 0. The lowest BCUT2D eigenvalue weighted by Crippen LogP contribution is -2.39. The summed E-state index contributed by atoms with van der Waals surface area (Å²) in [5.74, 6) is 3.11. The van der Waals surface area contributed by atoms with Crippen molar-refractivity contribution >= 4 is 0 Å². The molecule has 0 unspecified atom stereocenters. The van der Waals surface area contributed by atoms with Crippen LogP contribution >= 0.6 is 0 Å². The van der Waals surface area contributed by atoms with Crippen LogP contribution in [-0.4, -0.2) is 12.7 Å². The molecular formula is C15H20O2. The third-order valence-corrected chi connectivity index (χ3v) is 4.52. The largest absolute Gasteiger partial charge is 0.496 e. The van der Waals surface area contributed by atoms with Gasteiger partial charge in [-0.25, -0.2) is 0 Å². The van der Waals surface area contributed by atoms with Gasteiger partial charge in [-0.05, 0) is 37.3 Å². The van der Waals surface area contributed by atoms with Gasteiger partial charge in [-0.1, -0.05) is 19.9 Å². The molecule has 0 spiro atoms. The minimum atomic E-state index is 0.0248. The van der Waals surface area contributed by atoms with Crippen molar-refractivity contribution in [2.24, 2.45) is 5.92 Å². The number of methoxy groups -OCH3 is 1. The van der Waals surface area contributed by atoms with Gasteiger partial charge in [-0.3, -0.25) is 0 Å². The standard InChI is InChI=1S/C15H20O2/c1-10(2)15-9-5-6-11(15)14-12(16-3)7-4-8-13(14)17-15/h4,7-8,10-11H,5-6,9H2,1-3H3/t11-,15+/m0/s1. The lowest BCUT2D eigenvalue weighted by Gasteiger charge is -2.33. The van der Waals surface area contributed by atoms with Gasteiger partial charge >= 0.3 is 0 Å². The first-order valence-electron chi connectivity index (χ1n) is 6.55. The Bertz CT molecular complexity index is 439. The van der Waals surface area contributed by atoms with E-state index in [9.17, 15) is 0 Å².